The standard InChI is InChI=1S/C18H17N5O2S/c1-2-23-15(11-13-7-4-3-5-8-13)19-22-18(23)26-12-16-20-21-17(25-16)14-9-6-10-24-14/h3-10H,2,11-12H2,1H3. The third-order valence-corrected chi connectivity index (χ3v) is 4.79. The Balaban J connectivity index is 1.45. The van der Waals surface area contributed by atoms with E-state index in [-0.39, 0.29) is 0 Å². The summed E-state index contributed by atoms with van der Waals surface area (Å²) in [4.78, 5) is 0. The first-order valence-corrected chi connectivity index (χ1v) is 9.27. The molecule has 0 spiro atoms. The minimum Gasteiger partial charge on any atom is -0.459 e. The van der Waals surface area contributed by atoms with E-state index in [1.807, 2.05) is 18.2 Å². The van der Waals surface area contributed by atoms with Gasteiger partial charge in [-0.2, -0.15) is 0 Å². The lowest BCUT2D eigenvalue weighted by molar-refractivity contribution is 0.494. The largest absolute Gasteiger partial charge is 0.459 e. The number of benzene rings is 1. The third kappa shape index (κ3) is 3.55. The molecule has 8 heteroatoms. The van der Waals surface area contributed by atoms with Gasteiger partial charge in [0.1, 0.15) is 5.82 Å². The van der Waals surface area contributed by atoms with Gasteiger partial charge in [0.05, 0.1) is 12.0 Å². The lowest BCUT2D eigenvalue weighted by atomic mass is 10.1. The SMILES string of the molecule is CCn1c(Cc2ccccc2)nnc1SCc1nnc(-c2ccco2)o1. The summed E-state index contributed by atoms with van der Waals surface area (Å²) < 4.78 is 13.0. The molecule has 4 rings (SSSR count). The Bertz CT molecular complexity index is 963. The quantitative estimate of drug-likeness (QED) is 0.459. The van der Waals surface area contributed by atoms with Crippen LogP contribution in [0.25, 0.3) is 11.7 Å². The van der Waals surface area contributed by atoms with Gasteiger partial charge in [-0.3, -0.25) is 0 Å². The van der Waals surface area contributed by atoms with E-state index in [0.717, 1.165) is 23.9 Å². The molecule has 0 aliphatic rings. The van der Waals surface area contributed by atoms with Gasteiger partial charge in [0.15, 0.2) is 10.9 Å². The van der Waals surface area contributed by atoms with Crippen molar-refractivity contribution in [3.63, 3.8) is 0 Å². The fraction of sp³-hybridized carbons (Fsp3) is 0.222. The zero-order chi connectivity index (χ0) is 17.8. The van der Waals surface area contributed by atoms with Crippen molar-refractivity contribution in [3.8, 4) is 11.7 Å². The molecule has 0 atom stereocenters. The molecule has 1 aromatic carbocycles. The van der Waals surface area contributed by atoms with Crippen molar-refractivity contribution in [2.24, 2.45) is 0 Å². The summed E-state index contributed by atoms with van der Waals surface area (Å²) in [6.45, 7) is 2.89. The minimum atomic E-state index is 0.382. The third-order valence-electron chi connectivity index (χ3n) is 3.84. The Labute approximate surface area is 154 Å². The Morgan fingerprint density at radius 3 is 2.65 bits per heavy atom. The van der Waals surface area contributed by atoms with E-state index in [2.05, 4.69) is 44.0 Å². The molecular formula is C18H17N5O2S. The van der Waals surface area contributed by atoms with Crippen molar-refractivity contribution >= 4 is 11.8 Å². The van der Waals surface area contributed by atoms with Crippen molar-refractivity contribution in [2.75, 3.05) is 0 Å². The molecule has 0 fully saturated rings. The number of aromatic nitrogens is 5. The molecule has 26 heavy (non-hydrogen) atoms. The Morgan fingerprint density at radius 1 is 1.00 bits per heavy atom. The maximum Gasteiger partial charge on any atom is 0.283 e. The smallest absolute Gasteiger partial charge is 0.283 e. The average Bonchev–Trinajstić information content (AvgIpc) is 3.41. The molecule has 4 aromatic rings. The molecule has 0 saturated heterocycles. The van der Waals surface area contributed by atoms with Crippen molar-refractivity contribution < 1.29 is 8.83 Å². The van der Waals surface area contributed by atoms with Gasteiger partial charge in [-0.1, -0.05) is 42.1 Å². The van der Waals surface area contributed by atoms with Gasteiger partial charge in [-0.15, -0.1) is 20.4 Å². The lowest BCUT2D eigenvalue weighted by Crippen LogP contribution is -2.04. The Morgan fingerprint density at radius 2 is 1.88 bits per heavy atom. The van der Waals surface area contributed by atoms with E-state index >= 15 is 0 Å². The van der Waals surface area contributed by atoms with Crippen LogP contribution in [0.3, 0.4) is 0 Å². The van der Waals surface area contributed by atoms with Crippen LogP contribution in [0, 0.1) is 0 Å². The summed E-state index contributed by atoms with van der Waals surface area (Å²) in [7, 11) is 0. The van der Waals surface area contributed by atoms with Crippen LogP contribution in [0.1, 0.15) is 24.2 Å². The number of furan rings is 1. The summed E-state index contributed by atoms with van der Waals surface area (Å²) in [5, 5.41) is 17.6. The lowest BCUT2D eigenvalue weighted by Gasteiger charge is -2.06. The summed E-state index contributed by atoms with van der Waals surface area (Å²) in [6, 6.07) is 13.8. The summed E-state index contributed by atoms with van der Waals surface area (Å²) >= 11 is 1.53. The van der Waals surface area contributed by atoms with Crippen LogP contribution in [0.5, 0.6) is 0 Å². The number of nitrogens with zero attached hydrogens (tertiary/aromatic N) is 5. The zero-order valence-corrected chi connectivity index (χ0v) is 15.0. The summed E-state index contributed by atoms with van der Waals surface area (Å²) in [5.74, 6) is 2.94. The molecule has 0 aliphatic carbocycles. The van der Waals surface area contributed by atoms with Crippen LogP contribution in [-0.2, 0) is 18.7 Å². The van der Waals surface area contributed by atoms with Crippen molar-refractivity contribution in [1.82, 2.24) is 25.0 Å². The fourth-order valence-corrected chi connectivity index (χ4v) is 3.45. The molecule has 0 N–H and O–H groups in total. The summed E-state index contributed by atoms with van der Waals surface area (Å²) in [5.41, 5.74) is 1.21. The Kier molecular flexibility index (Phi) is 4.83. The summed E-state index contributed by atoms with van der Waals surface area (Å²) in [6.07, 6.45) is 2.33. The van der Waals surface area contributed by atoms with E-state index in [4.69, 9.17) is 8.83 Å². The molecule has 0 saturated carbocycles. The van der Waals surface area contributed by atoms with Crippen molar-refractivity contribution in [2.45, 2.75) is 30.8 Å². The van der Waals surface area contributed by atoms with Gasteiger partial charge in [0.2, 0.25) is 5.89 Å². The van der Waals surface area contributed by atoms with Crippen molar-refractivity contribution in [3.05, 3.63) is 66.0 Å². The number of thioether (sulfide) groups is 1. The molecule has 132 valence electrons. The molecular weight excluding hydrogens is 350 g/mol. The van der Waals surface area contributed by atoms with Crippen molar-refractivity contribution in [1.29, 1.82) is 0 Å². The highest BCUT2D eigenvalue weighted by Gasteiger charge is 2.15. The van der Waals surface area contributed by atoms with Gasteiger partial charge < -0.3 is 13.4 Å². The Hall–Kier alpha value is -2.87. The zero-order valence-electron chi connectivity index (χ0n) is 14.2. The maximum absolute atomic E-state index is 5.63. The molecule has 0 aliphatic heterocycles. The van der Waals surface area contributed by atoms with Gasteiger partial charge >= 0.3 is 0 Å². The fourth-order valence-electron chi connectivity index (χ4n) is 2.59. The number of hydrogen-bond acceptors (Lipinski definition) is 7. The van der Waals surface area contributed by atoms with Gasteiger partial charge in [-0.05, 0) is 24.6 Å². The highest BCUT2D eigenvalue weighted by molar-refractivity contribution is 7.98. The van der Waals surface area contributed by atoms with Gasteiger partial charge in [-0.25, -0.2) is 0 Å². The topological polar surface area (TPSA) is 82.8 Å². The van der Waals surface area contributed by atoms with Gasteiger partial charge in [0.25, 0.3) is 5.89 Å². The molecule has 0 radical (unpaired) electrons. The van der Waals surface area contributed by atoms with Gasteiger partial charge in [0, 0.05) is 13.0 Å². The van der Waals surface area contributed by atoms with Crippen LogP contribution in [0.2, 0.25) is 0 Å². The molecule has 0 unspecified atom stereocenters. The van der Waals surface area contributed by atoms with Crippen LogP contribution in [-0.4, -0.2) is 25.0 Å². The predicted molar refractivity (Wildman–Crippen MR) is 96.5 cm³/mol. The first kappa shape index (κ1) is 16.6. The number of hydrogen-bond donors (Lipinski definition) is 0. The van der Waals surface area contributed by atoms with Crippen LogP contribution in [0.4, 0.5) is 0 Å². The maximum atomic E-state index is 5.63. The first-order valence-electron chi connectivity index (χ1n) is 8.28. The van der Waals surface area contributed by atoms with Crippen LogP contribution in [0.15, 0.2) is 62.7 Å². The van der Waals surface area contributed by atoms with E-state index in [0.29, 0.717) is 23.3 Å². The van der Waals surface area contributed by atoms with E-state index in [1.165, 1.54) is 17.3 Å². The molecule has 0 bridgehead atoms. The molecule has 3 aromatic heterocycles. The van der Waals surface area contributed by atoms with E-state index in [1.54, 1.807) is 18.4 Å². The normalized spacial score (nSPS) is 11.1. The second kappa shape index (κ2) is 7.57. The van der Waals surface area contributed by atoms with E-state index in [9.17, 15) is 0 Å². The monoisotopic (exact) mass is 367 g/mol. The molecule has 3 heterocycles. The number of rotatable bonds is 7. The molecule has 7 nitrogen and oxygen atoms in total. The molecule has 0 amide bonds. The first-order chi connectivity index (χ1) is 12.8. The second-order valence-electron chi connectivity index (χ2n) is 5.57. The van der Waals surface area contributed by atoms with Crippen LogP contribution >= 0.6 is 11.8 Å². The van der Waals surface area contributed by atoms with Crippen LogP contribution < -0.4 is 0 Å². The minimum absolute atomic E-state index is 0.382. The average molecular weight is 367 g/mol. The highest BCUT2D eigenvalue weighted by Crippen LogP contribution is 2.24. The highest BCUT2D eigenvalue weighted by atomic mass is 32.2. The second-order valence-corrected chi connectivity index (χ2v) is 6.51. The van der Waals surface area contributed by atoms with E-state index < -0.39 is 0 Å². The predicted octanol–water partition coefficient (Wildman–Crippen LogP) is 3.82.